The fraction of sp³-hybridized carbons (Fsp3) is 0.857. The van der Waals surface area contributed by atoms with Gasteiger partial charge in [-0.3, -0.25) is 0 Å². The highest BCUT2D eigenvalue weighted by Gasteiger charge is 2.39. The minimum Gasteiger partial charge on any atom is -0.316 e. The molecule has 1 saturated heterocycles. The molecule has 0 bridgehead atoms. The van der Waals surface area contributed by atoms with E-state index < -0.39 is 0 Å². The lowest BCUT2D eigenvalue weighted by Crippen LogP contribution is -2.14. The average Bonchev–Trinajstić information content (AvgIpc) is 2.92. The maximum atomic E-state index is 4.43. The van der Waals surface area contributed by atoms with Gasteiger partial charge in [-0.1, -0.05) is 25.0 Å². The average molecular weight is 205 g/mol. The van der Waals surface area contributed by atoms with Crippen molar-refractivity contribution < 1.29 is 0 Å². The van der Waals surface area contributed by atoms with Crippen LogP contribution in [0.3, 0.4) is 0 Å². The van der Waals surface area contributed by atoms with Gasteiger partial charge < -0.3 is 5.32 Å². The van der Waals surface area contributed by atoms with E-state index in [1.54, 1.807) is 5.57 Å². The number of rotatable bonds is 2. The molecule has 2 aliphatic carbocycles. The van der Waals surface area contributed by atoms with Gasteiger partial charge in [-0.05, 0) is 62.4 Å². The molecule has 0 aromatic rings. The van der Waals surface area contributed by atoms with Crippen molar-refractivity contribution in [2.24, 2.45) is 23.7 Å². The SMILES string of the molecule is C=C(C1CCCC1)C1CC2CNCC2C1. The summed E-state index contributed by atoms with van der Waals surface area (Å²) in [7, 11) is 0. The minimum absolute atomic E-state index is 0.880. The summed E-state index contributed by atoms with van der Waals surface area (Å²) in [5.74, 6) is 3.73. The Morgan fingerprint density at radius 2 is 1.53 bits per heavy atom. The Labute approximate surface area is 93.3 Å². The Kier molecular flexibility index (Phi) is 2.59. The second-order valence-electron chi connectivity index (χ2n) is 5.90. The maximum absolute atomic E-state index is 4.43. The largest absolute Gasteiger partial charge is 0.316 e. The van der Waals surface area contributed by atoms with Gasteiger partial charge in [-0.25, -0.2) is 0 Å². The third kappa shape index (κ3) is 1.75. The molecule has 0 radical (unpaired) electrons. The van der Waals surface area contributed by atoms with Crippen LogP contribution >= 0.6 is 0 Å². The Morgan fingerprint density at radius 1 is 0.933 bits per heavy atom. The maximum Gasteiger partial charge on any atom is -0.00171 e. The van der Waals surface area contributed by atoms with Crippen LogP contribution in [0.1, 0.15) is 38.5 Å². The molecule has 3 rings (SSSR count). The van der Waals surface area contributed by atoms with E-state index >= 15 is 0 Å². The quantitative estimate of drug-likeness (QED) is 0.683. The summed E-state index contributed by atoms with van der Waals surface area (Å²) in [6.45, 7) is 6.98. The third-order valence-electron chi connectivity index (χ3n) is 5.06. The minimum atomic E-state index is 0.880. The molecule has 1 nitrogen and oxygen atoms in total. The summed E-state index contributed by atoms with van der Waals surface area (Å²) in [5, 5.41) is 3.52. The Bertz CT molecular complexity index is 240. The van der Waals surface area contributed by atoms with Crippen LogP contribution in [-0.2, 0) is 0 Å². The zero-order valence-electron chi connectivity index (χ0n) is 9.67. The summed E-state index contributed by atoms with van der Waals surface area (Å²) in [5.41, 5.74) is 1.63. The summed E-state index contributed by atoms with van der Waals surface area (Å²) < 4.78 is 0. The van der Waals surface area contributed by atoms with Gasteiger partial charge in [0.15, 0.2) is 0 Å². The predicted octanol–water partition coefficient (Wildman–Crippen LogP) is 2.98. The standard InChI is InChI=1S/C14H23N/c1-10(11-4-2-3-5-11)12-6-13-8-15-9-14(13)7-12/h11-15H,1-9H2. The zero-order chi connectivity index (χ0) is 10.3. The second kappa shape index (κ2) is 3.93. The van der Waals surface area contributed by atoms with Crippen molar-refractivity contribution in [3.8, 4) is 0 Å². The van der Waals surface area contributed by atoms with Crippen LogP contribution in [0.25, 0.3) is 0 Å². The van der Waals surface area contributed by atoms with E-state index in [4.69, 9.17) is 0 Å². The van der Waals surface area contributed by atoms with E-state index in [0.717, 1.165) is 23.7 Å². The lowest BCUT2D eigenvalue weighted by molar-refractivity contribution is 0.484. The molecular formula is C14H23N. The fourth-order valence-corrected chi connectivity index (χ4v) is 4.10. The van der Waals surface area contributed by atoms with Crippen LogP contribution in [0.5, 0.6) is 0 Å². The van der Waals surface area contributed by atoms with Crippen LogP contribution in [0.2, 0.25) is 0 Å². The monoisotopic (exact) mass is 205 g/mol. The van der Waals surface area contributed by atoms with E-state index in [1.165, 1.54) is 51.6 Å². The predicted molar refractivity (Wildman–Crippen MR) is 63.7 cm³/mol. The lowest BCUT2D eigenvalue weighted by atomic mass is 9.86. The van der Waals surface area contributed by atoms with Gasteiger partial charge in [0.2, 0.25) is 0 Å². The molecule has 84 valence electrons. The topological polar surface area (TPSA) is 12.0 Å². The number of hydrogen-bond acceptors (Lipinski definition) is 1. The first-order valence-corrected chi connectivity index (χ1v) is 6.74. The number of fused-ring (bicyclic) bond motifs is 1. The first kappa shape index (κ1) is 9.89. The third-order valence-corrected chi connectivity index (χ3v) is 5.06. The molecule has 2 unspecified atom stereocenters. The van der Waals surface area contributed by atoms with Gasteiger partial charge in [-0.15, -0.1) is 0 Å². The molecule has 2 atom stereocenters. The number of hydrogen-bond donors (Lipinski definition) is 1. The van der Waals surface area contributed by atoms with E-state index in [2.05, 4.69) is 11.9 Å². The fourth-order valence-electron chi connectivity index (χ4n) is 4.10. The molecule has 2 saturated carbocycles. The molecule has 0 spiro atoms. The van der Waals surface area contributed by atoms with Crippen LogP contribution in [0.15, 0.2) is 12.2 Å². The number of allylic oxidation sites excluding steroid dienone is 1. The van der Waals surface area contributed by atoms with Gasteiger partial charge in [-0.2, -0.15) is 0 Å². The molecule has 0 amide bonds. The van der Waals surface area contributed by atoms with Crippen LogP contribution < -0.4 is 5.32 Å². The highest BCUT2D eigenvalue weighted by Crippen LogP contribution is 2.45. The molecule has 1 aliphatic heterocycles. The molecule has 1 heteroatoms. The molecule has 1 N–H and O–H groups in total. The molecular weight excluding hydrogens is 182 g/mol. The van der Waals surface area contributed by atoms with Crippen molar-refractivity contribution in [1.82, 2.24) is 5.32 Å². The summed E-state index contributed by atoms with van der Waals surface area (Å²) in [6.07, 6.45) is 8.64. The normalized spacial score (nSPS) is 40.9. The molecule has 0 aromatic carbocycles. The zero-order valence-corrected chi connectivity index (χ0v) is 9.67. The first-order chi connectivity index (χ1) is 7.34. The van der Waals surface area contributed by atoms with Crippen molar-refractivity contribution in [3.05, 3.63) is 12.2 Å². The van der Waals surface area contributed by atoms with Crippen molar-refractivity contribution in [2.75, 3.05) is 13.1 Å². The van der Waals surface area contributed by atoms with Gasteiger partial charge in [0.1, 0.15) is 0 Å². The smallest absolute Gasteiger partial charge is 0.00171 e. The van der Waals surface area contributed by atoms with Gasteiger partial charge in [0.05, 0.1) is 0 Å². The van der Waals surface area contributed by atoms with Crippen LogP contribution in [0, 0.1) is 23.7 Å². The highest BCUT2D eigenvalue weighted by molar-refractivity contribution is 5.11. The van der Waals surface area contributed by atoms with Crippen molar-refractivity contribution >= 4 is 0 Å². The Balaban J connectivity index is 1.61. The first-order valence-electron chi connectivity index (χ1n) is 6.74. The summed E-state index contributed by atoms with van der Waals surface area (Å²) >= 11 is 0. The Morgan fingerprint density at radius 3 is 2.13 bits per heavy atom. The van der Waals surface area contributed by atoms with E-state index in [-0.39, 0.29) is 0 Å². The van der Waals surface area contributed by atoms with Crippen molar-refractivity contribution in [3.63, 3.8) is 0 Å². The second-order valence-corrected chi connectivity index (χ2v) is 5.90. The molecule has 15 heavy (non-hydrogen) atoms. The molecule has 1 heterocycles. The lowest BCUT2D eigenvalue weighted by Gasteiger charge is -2.20. The molecule has 3 fully saturated rings. The van der Waals surface area contributed by atoms with Gasteiger partial charge in [0, 0.05) is 0 Å². The van der Waals surface area contributed by atoms with Gasteiger partial charge in [0.25, 0.3) is 0 Å². The van der Waals surface area contributed by atoms with Crippen LogP contribution in [-0.4, -0.2) is 13.1 Å². The van der Waals surface area contributed by atoms with Gasteiger partial charge >= 0.3 is 0 Å². The van der Waals surface area contributed by atoms with Crippen molar-refractivity contribution in [1.29, 1.82) is 0 Å². The summed E-state index contributed by atoms with van der Waals surface area (Å²) in [6, 6.07) is 0. The van der Waals surface area contributed by atoms with E-state index in [9.17, 15) is 0 Å². The molecule has 3 aliphatic rings. The summed E-state index contributed by atoms with van der Waals surface area (Å²) in [4.78, 5) is 0. The molecule has 0 aromatic heterocycles. The van der Waals surface area contributed by atoms with Crippen molar-refractivity contribution in [2.45, 2.75) is 38.5 Å². The van der Waals surface area contributed by atoms with E-state index in [1.807, 2.05) is 0 Å². The number of nitrogens with one attached hydrogen (secondary N) is 1. The Hall–Kier alpha value is -0.300. The van der Waals surface area contributed by atoms with E-state index in [0.29, 0.717) is 0 Å². The highest BCUT2D eigenvalue weighted by atomic mass is 14.9. The van der Waals surface area contributed by atoms with Crippen LogP contribution in [0.4, 0.5) is 0 Å².